The highest BCUT2D eigenvalue weighted by atomic mass is 16.7. The topological polar surface area (TPSA) is 60.7 Å². The second-order valence-corrected chi connectivity index (χ2v) is 7.72. The number of fused-ring (bicyclic) bond motifs is 1. The molecular weight excluding hydrogens is 340 g/mol. The summed E-state index contributed by atoms with van der Waals surface area (Å²) in [6, 6.07) is 4.59. The minimum atomic E-state index is -0.383. The van der Waals surface area contributed by atoms with Crippen LogP contribution in [-0.2, 0) is 9.47 Å². The summed E-state index contributed by atoms with van der Waals surface area (Å²) in [6.45, 7) is 5.84. The largest absolute Gasteiger partial charge is 0.351 e. The van der Waals surface area contributed by atoms with Crippen molar-refractivity contribution in [1.29, 1.82) is 0 Å². The van der Waals surface area contributed by atoms with Crippen LogP contribution in [0, 0.1) is 0 Å². The molecule has 1 spiro atoms. The minimum Gasteiger partial charge on any atom is -0.351 e. The zero-order valence-corrected chi connectivity index (χ0v) is 16.4. The number of ether oxygens (including phenoxy) is 2. The molecule has 4 rings (SSSR count). The van der Waals surface area contributed by atoms with Crippen LogP contribution in [0.4, 0.5) is 5.95 Å². The predicted molar refractivity (Wildman–Crippen MR) is 107 cm³/mol. The zero-order valence-electron chi connectivity index (χ0n) is 16.4. The smallest absolute Gasteiger partial charge is 0.241 e. The molecule has 0 radical (unpaired) electrons. The lowest BCUT2D eigenvalue weighted by Crippen LogP contribution is -2.31. The van der Waals surface area contributed by atoms with Gasteiger partial charge in [-0.3, -0.25) is 0 Å². The number of unbranched alkanes of at least 4 members (excludes halogenated alkanes) is 2. The highest BCUT2D eigenvalue weighted by Crippen LogP contribution is 2.38. The molecule has 27 heavy (non-hydrogen) atoms. The maximum absolute atomic E-state index is 5.83. The Balaban J connectivity index is 1.50. The molecule has 1 unspecified atom stereocenters. The van der Waals surface area contributed by atoms with Gasteiger partial charge in [-0.05, 0) is 37.5 Å². The van der Waals surface area contributed by atoms with Gasteiger partial charge in [0.25, 0.3) is 0 Å². The van der Waals surface area contributed by atoms with Gasteiger partial charge in [0, 0.05) is 18.9 Å². The van der Waals surface area contributed by atoms with Gasteiger partial charge in [0.05, 0.1) is 30.6 Å². The molecule has 0 saturated carbocycles. The van der Waals surface area contributed by atoms with E-state index in [4.69, 9.17) is 14.6 Å². The van der Waals surface area contributed by atoms with E-state index >= 15 is 0 Å². The standard InChI is InChI=1S/C21H30N4O2/c1-3-4-5-6-16(2)23-20-22-15-18-7-8-19(25(18)24-20)17-9-11-21(12-10-17)26-13-14-27-21/h7-9,15-16H,3-6,10-14H2,1-2H3,(H,23,24). The molecule has 1 saturated heterocycles. The number of hydrogen-bond donors (Lipinski definition) is 1. The van der Waals surface area contributed by atoms with Crippen LogP contribution < -0.4 is 5.32 Å². The van der Waals surface area contributed by atoms with Crippen molar-refractivity contribution in [1.82, 2.24) is 14.6 Å². The highest BCUT2D eigenvalue weighted by molar-refractivity contribution is 5.68. The average Bonchev–Trinajstić information content (AvgIpc) is 3.30. The summed E-state index contributed by atoms with van der Waals surface area (Å²) in [5, 5.41) is 8.21. The molecule has 0 amide bonds. The molecule has 1 aliphatic carbocycles. The number of aromatic nitrogens is 3. The lowest BCUT2D eigenvalue weighted by molar-refractivity contribution is -0.159. The number of anilines is 1. The maximum atomic E-state index is 5.83. The molecule has 146 valence electrons. The Labute approximate surface area is 161 Å². The molecule has 1 atom stereocenters. The maximum Gasteiger partial charge on any atom is 0.241 e. The van der Waals surface area contributed by atoms with Crippen molar-refractivity contribution >= 4 is 17.0 Å². The van der Waals surface area contributed by atoms with Crippen molar-refractivity contribution in [2.75, 3.05) is 18.5 Å². The van der Waals surface area contributed by atoms with Crippen LogP contribution in [0.2, 0.25) is 0 Å². The first kappa shape index (κ1) is 18.4. The monoisotopic (exact) mass is 370 g/mol. The summed E-state index contributed by atoms with van der Waals surface area (Å²) in [4.78, 5) is 4.49. The minimum absolute atomic E-state index is 0.374. The second kappa shape index (κ2) is 7.98. The number of rotatable bonds is 7. The van der Waals surface area contributed by atoms with Gasteiger partial charge in [0.1, 0.15) is 0 Å². The van der Waals surface area contributed by atoms with E-state index < -0.39 is 0 Å². The third kappa shape index (κ3) is 4.01. The van der Waals surface area contributed by atoms with E-state index in [0.29, 0.717) is 25.2 Å². The number of nitrogens with one attached hydrogen (secondary N) is 1. The third-order valence-corrected chi connectivity index (χ3v) is 5.59. The molecule has 3 heterocycles. The van der Waals surface area contributed by atoms with Crippen LogP contribution in [0.15, 0.2) is 24.4 Å². The Hall–Kier alpha value is -1.92. The fourth-order valence-electron chi connectivity index (χ4n) is 4.00. The van der Waals surface area contributed by atoms with Crippen molar-refractivity contribution in [3.63, 3.8) is 0 Å². The van der Waals surface area contributed by atoms with Gasteiger partial charge in [-0.25, -0.2) is 9.50 Å². The molecular formula is C21H30N4O2. The average molecular weight is 370 g/mol. The molecule has 6 heteroatoms. The van der Waals surface area contributed by atoms with E-state index in [2.05, 4.69) is 42.4 Å². The van der Waals surface area contributed by atoms with Gasteiger partial charge in [0.2, 0.25) is 5.95 Å². The van der Waals surface area contributed by atoms with Crippen molar-refractivity contribution in [3.05, 3.63) is 30.1 Å². The van der Waals surface area contributed by atoms with E-state index in [-0.39, 0.29) is 5.79 Å². The fraction of sp³-hybridized carbons (Fsp3) is 0.619. The second-order valence-electron chi connectivity index (χ2n) is 7.72. The van der Waals surface area contributed by atoms with E-state index in [0.717, 1.165) is 36.9 Å². The quantitative estimate of drug-likeness (QED) is 0.731. The molecule has 0 aromatic carbocycles. The van der Waals surface area contributed by atoms with E-state index in [1.54, 1.807) is 0 Å². The number of hydrogen-bond acceptors (Lipinski definition) is 5. The van der Waals surface area contributed by atoms with Crippen molar-refractivity contribution < 1.29 is 9.47 Å². The Bertz CT molecular complexity index is 808. The van der Waals surface area contributed by atoms with Gasteiger partial charge < -0.3 is 14.8 Å². The van der Waals surface area contributed by atoms with Crippen LogP contribution >= 0.6 is 0 Å². The first-order valence-corrected chi connectivity index (χ1v) is 10.3. The lowest BCUT2D eigenvalue weighted by Gasteiger charge is -2.30. The third-order valence-electron chi connectivity index (χ3n) is 5.59. The summed E-state index contributed by atoms with van der Waals surface area (Å²) in [5.74, 6) is 0.311. The first-order valence-electron chi connectivity index (χ1n) is 10.3. The fourth-order valence-corrected chi connectivity index (χ4v) is 4.00. The Kier molecular flexibility index (Phi) is 5.45. The van der Waals surface area contributed by atoms with Gasteiger partial charge in [0.15, 0.2) is 5.79 Å². The van der Waals surface area contributed by atoms with E-state index in [1.165, 1.54) is 24.8 Å². The zero-order chi connectivity index (χ0) is 18.7. The first-order chi connectivity index (χ1) is 13.2. The van der Waals surface area contributed by atoms with Gasteiger partial charge in [-0.15, -0.1) is 5.10 Å². The predicted octanol–water partition coefficient (Wildman–Crippen LogP) is 4.42. The van der Waals surface area contributed by atoms with Crippen molar-refractivity contribution in [3.8, 4) is 0 Å². The highest BCUT2D eigenvalue weighted by Gasteiger charge is 2.38. The van der Waals surface area contributed by atoms with Crippen LogP contribution in [0.25, 0.3) is 11.1 Å². The van der Waals surface area contributed by atoms with Gasteiger partial charge in [-0.1, -0.05) is 32.3 Å². The summed E-state index contributed by atoms with van der Waals surface area (Å²) in [5.41, 5.74) is 3.46. The van der Waals surface area contributed by atoms with Gasteiger partial charge in [-0.2, -0.15) is 0 Å². The molecule has 2 aliphatic rings. The Morgan fingerprint density at radius 1 is 1.26 bits per heavy atom. The molecule has 0 bridgehead atoms. The molecule has 1 fully saturated rings. The number of nitrogens with zero attached hydrogens (tertiary/aromatic N) is 3. The van der Waals surface area contributed by atoms with E-state index in [9.17, 15) is 0 Å². The molecule has 1 N–H and O–H groups in total. The number of allylic oxidation sites excluding steroid dienone is 1. The van der Waals surface area contributed by atoms with Crippen molar-refractivity contribution in [2.24, 2.45) is 0 Å². The SMILES string of the molecule is CCCCCC(C)Nc1ncc2ccc(C3=CCC4(CC3)OCCO4)n2n1. The molecule has 2 aromatic heterocycles. The van der Waals surface area contributed by atoms with Crippen LogP contribution in [0.5, 0.6) is 0 Å². The van der Waals surface area contributed by atoms with Gasteiger partial charge >= 0.3 is 0 Å². The molecule has 6 nitrogen and oxygen atoms in total. The van der Waals surface area contributed by atoms with Crippen molar-refractivity contribution in [2.45, 2.75) is 70.6 Å². The van der Waals surface area contributed by atoms with Crippen LogP contribution in [0.1, 0.15) is 64.5 Å². The summed E-state index contributed by atoms with van der Waals surface area (Å²) in [7, 11) is 0. The molecule has 2 aromatic rings. The summed E-state index contributed by atoms with van der Waals surface area (Å²) < 4.78 is 13.7. The van der Waals surface area contributed by atoms with Crippen LogP contribution in [-0.4, -0.2) is 39.6 Å². The van der Waals surface area contributed by atoms with Crippen LogP contribution in [0.3, 0.4) is 0 Å². The van der Waals surface area contributed by atoms with E-state index in [1.807, 2.05) is 10.7 Å². The normalized spacial score (nSPS) is 20.1. The Morgan fingerprint density at radius 2 is 2.11 bits per heavy atom. The summed E-state index contributed by atoms with van der Waals surface area (Å²) in [6.07, 6.45) is 11.7. The summed E-state index contributed by atoms with van der Waals surface area (Å²) >= 11 is 0. The lowest BCUT2D eigenvalue weighted by atomic mass is 9.92. The Morgan fingerprint density at radius 3 is 2.85 bits per heavy atom. The molecule has 1 aliphatic heterocycles.